The van der Waals surface area contributed by atoms with Crippen LogP contribution in [0.1, 0.15) is 78.6 Å². The van der Waals surface area contributed by atoms with Crippen LogP contribution in [0.2, 0.25) is 0 Å². The Hall–Kier alpha value is -2.12. The summed E-state index contributed by atoms with van der Waals surface area (Å²) in [6.07, 6.45) is 11.5. The highest BCUT2D eigenvalue weighted by atomic mass is 35.5. The molecule has 0 unspecified atom stereocenters. The Balaban J connectivity index is -0.000000635. The lowest BCUT2D eigenvalue weighted by Crippen LogP contribution is -3.00. The zero-order valence-corrected chi connectivity index (χ0v) is 24.3. The van der Waals surface area contributed by atoms with Gasteiger partial charge in [-0.25, -0.2) is 14.4 Å². The van der Waals surface area contributed by atoms with E-state index in [1.165, 1.54) is 51.5 Å². The fraction of sp³-hybridized carbons (Fsp3) is 0.679. The molecule has 0 amide bonds. The molecule has 0 atom stereocenters. The van der Waals surface area contributed by atoms with Gasteiger partial charge in [-0.1, -0.05) is 58.3 Å². The Morgan fingerprint density at radius 1 is 0.528 bits per heavy atom. The molecule has 0 N–H and O–H groups in total. The molecule has 0 bridgehead atoms. The Labute approximate surface area is 225 Å². The molecule has 0 fully saturated rings. The van der Waals surface area contributed by atoms with E-state index in [2.05, 4.69) is 50.4 Å². The molecule has 0 spiro atoms. The van der Waals surface area contributed by atoms with Gasteiger partial charge in [-0.2, -0.15) is 0 Å². The minimum atomic E-state index is -0.489. The van der Waals surface area contributed by atoms with E-state index in [1.54, 1.807) is 20.8 Å². The number of carbonyl (C=O) groups excluding carboxylic acids is 3. The molecule has 0 rings (SSSR count). The van der Waals surface area contributed by atoms with Crippen molar-refractivity contribution in [2.45, 2.75) is 78.6 Å². The second kappa shape index (κ2) is 23.3. The van der Waals surface area contributed by atoms with Gasteiger partial charge < -0.3 is 31.1 Å². The molecular formula is C28H50ClNO6. The highest BCUT2D eigenvalue weighted by molar-refractivity contribution is 5.87. The van der Waals surface area contributed by atoms with Crippen molar-refractivity contribution >= 4 is 17.9 Å². The van der Waals surface area contributed by atoms with E-state index in [0.29, 0.717) is 23.3 Å². The van der Waals surface area contributed by atoms with Gasteiger partial charge in [-0.05, 0) is 40.0 Å². The van der Waals surface area contributed by atoms with Crippen molar-refractivity contribution in [1.29, 1.82) is 0 Å². The molecule has 0 radical (unpaired) electrons. The second-order valence-electron chi connectivity index (χ2n) is 9.94. The molecule has 7 nitrogen and oxygen atoms in total. The van der Waals surface area contributed by atoms with Gasteiger partial charge in [0.1, 0.15) is 13.2 Å². The zero-order chi connectivity index (χ0) is 27.3. The molecule has 0 aromatic rings. The third-order valence-corrected chi connectivity index (χ3v) is 4.80. The maximum absolute atomic E-state index is 11.1. The summed E-state index contributed by atoms with van der Waals surface area (Å²) < 4.78 is 15.5. The number of carbonyl (C=O) groups is 3. The highest BCUT2D eigenvalue weighted by Gasteiger charge is 2.06. The minimum Gasteiger partial charge on any atom is -1.00 e. The number of halogens is 1. The summed E-state index contributed by atoms with van der Waals surface area (Å²) in [6.45, 7) is 17.0. The van der Waals surface area contributed by atoms with Crippen LogP contribution >= 0.6 is 0 Å². The van der Waals surface area contributed by atoms with Gasteiger partial charge in [0.25, 0.3) is 0 Å². The SMILES string of the molecule is C=C(C)C(=O)OCCCCCCCCCCC[N+](C)(C)C.C=C(C)C(=O)OCCOC(=O)C(=C)C.[Cl-]. The van der Waals surface area contributed by atoms with Gasteiger partial charge in [0.2, 0.25) is 0 Å². The van der Waals surface area contributed by atoms with Crippen LogP contribution in [0.3, 0.4) is 0 Å². The summed E-state index contributed by atoms with van der Waals surface area (Å²) >= 11 is 0. The first-order valence-electron chi connectivity index (χ1n) is 12.6. The molecule has 210 valence electrons. The van der Waals surface area contributed by atoms with Crippen molar-refractivity contribution in [3.63, 3.8) is 0 Å². The van der Waals surface area contributed by atoms with Gasteiger partial charge in [-0.3, -0.25) is 0 Å². The second-order valence-corrected chi connectivity index (χ2v) is 9.94. The summed E-state index contributed by atoms with van der Waals surface area (Å²) in [5.41, 5.74) is 1.12. The molecule has 8 heteroatoms. The average Bonchev–Trinajstić information content (AvgIpc) is 2.76. The Morgan fingerprint density at radius 2 is 0.806 bits per heavy atom. The molecule has 36 heavy (non-hydrogen) atoms. The summed E-state index contributed by atoms with van der Waals surface area (Å²) in [5.74, 6) is -1.24. The maximum Gasteiger partial charge on any atom is 0.333 e. The van der Waals surface area contributed by atoms with Crippen molar-refractivity contribution in [3.05, 3.63) is 36.5 Å². The Bertz CT molecular complexity index is 654. The first-order chi connectivity index (χ1) is 16.3. The van der Waals surface area contributed by atoms with Crippen molar-refractivity contribution in [2.24, 2.45) is 0 Å². The molecule has 0 aliphatic heterocycles. The molecule has 0 aliphatic rings. The van der Waals surface area contributed by atoms with E-state index >= 15 is 0 Å². The van der Waals surface area contributed by atoms with E-state index in [9.17, 15) is 14.4 Å². The Morgan fingerprint density at radius 3 is 1.11 bits per heavy atom. The van der Waals surface area contributed by atoms with Gasteiger partial charge in [0, 0.05) is 16.7 Å². The van der Waals surface area contributed by atoms with Crippen LogP contribution in [-0.2, 0) is 28.6 Å². The molecule has 0 saturated heterocycles. The van der Waals surface area contributed by atoms with Crippen LogP contribution < -0.4 is 12.4 Å². The monoisotopic (exact) mass is 531 g/mol. The molecule has 0 aliphatic carbocycles. The van der Waals surface area contributed by atoms with Gasteiger partial charge in [0.05, 0.1) is 34.3 Å². The summed E-state index contributed by atoms with van der Waals surface area (Å²) in [4.78, 5) is 32.8. The molecule has 0 heterocycles. The lowest BCUT2D eigenvalue weighted by atomic mass is 10.1. The zero-order valence-electron chi connectivity index (χ0n) is 23.6. The standard InChI is InChI=1S/C18H36NO2.C10H14O4.ClH/c1-17(2)18(20)21-16-14-12-10-8-6-7-9-11-13-15-19(3,4)5;1-7(2)9(11)13-5-6-14-10(12)8(3)4;/h1,6-16H2,2-5H3;1,3,5-6H2,2,4H3;1H/q+1;;/p-1. The smallest absolute Gasteiger partial charge is 0.333 e. The quantitative estimate of drug-likeness (QED) is 0.0889. The fourth-order valence-corrected chi connectivity index (χ4v) is 2.73. The van der Waals surface area contributed by atoms with Gasteiger partial charge in [-0.15, -0.1) is 0 Å². The predicted octanol–water partition coefficient (Wildman–Crippen LogP) is 2.55. The van der Waals surface area contributed by atoms with Crippen molar-refractivity contribution in [1.82, 2.24) is 0 Å². The molecule has 0 saturated carbocycles. The lowest BCUT2D eigenvalue weighted by Gasteiger charge is -2.23. The number of hydrogen-bond donors (Lipinski definition) is 0. The molecule has 0 aromatic carbocycles. The Kier molecular flexibility index (Phi) is 24.8. The topological polar surface area (TPSA) is 78.9 Å². The molecular weight excluding hydrogens is 482 g/mol. The van der Waals surface area contributed by atoms with E-state index in [4.69, 9.17) is 4.74 Å². The lowest BCUT2D eigenvalue weighted by molar-refractivity contribution is -0.870. The largest absolute Gasteiger partial charge is 1.00 e. The predicted molar refractivity (Wildman–Crippen MR) is 142 cm³/mol. The van der Waals surface area contributed by atoms with E-state index < -0.39 is 11.9 Å². The van der Waals surface area contributed by atoms with Crippen LogP contribution in [0, 0.1) is 0 Å². The highest BCUT2D eigenvalue weighted by Crippen LogP contribution is 2.10. The number of nitrogens with zero attached hydrogens (tertiary/aromatic N) is 1. The van der Waals surface area contributed by atoms with Crippen LogP contribution in [-0.4, -0.2) is 69.9 Å². The van der Waals surface area contributed by atoms with Crippen molar-refractivity contribution in [3.8, 4) is 0 Å². The number of rotatable bonds is 18. The summed E-state index contributed by atoms with van der Waals surface area (Å²) in [6, 6.07) is 0. The first kappa shape index (κ1) is 38.4. The number of esters is 3. The minimum absolute atomic E-state index is 0. The fourth-order valence-electron chi connectivity index (χ4n) is 2.73. The summed E-state index contributed by atoms with van der Waals surface area (Å²) in [7, 11) is 6.77. The number of hydrogen-bond acceptors (Lipinski definition) is 6. The number of ether oxygens (including phenoxy) is 3. The van der Waals surface area contributed by atoms with Crippen LogP contribution in [0.15, 0.2) is 36.5 Å². The van der Waals surface area contributed by atoms with Crippen LogP contribution in [0.4, 0.5) is 0 Å². The molecule has 0 aromatic heterocycles. The van der Waals surface area contributed by atoms with E-state index in [1.807, 2.05) is 0 Å². The van der Waals surface area contributed by atoms with Gasteiger partial charge in [0.15, 0.2) is 0 Å². The third-order valence-electron chi connectivity index (χ3n) is 4.80. The van der Waals surface area contributed by atoms with Crippen molar-refractivity contribution in [2.75, 3.05) is 47.5 Å². The van der Waals surface area contributed by atoms with Crippen LogP contribution in [0.5, 0.6) is 0 Å². The number of quaternary nitrogens is 1. The average molecular weight is 532 g/mol. The van der Waals surface area contributed by atoms with E-state index in [-0.39, 0.29) is 31.6 Å². The van der Waals surface area contributed by atoms with Crippen LogP contribution in [0.25, 0.3) is 0 Å². The first-order valence-corrected chi connectivity index (χ1v) is 12.6. The summed E-state index contributed by atoms with van der Waals surface area (Å²) in [5, 5.41) is 0. The van der Waals surface area contributed by atoms with E-state index in [0.717, 1.165) is 17.3 Å². The van der Waals surface area contributed by atoms with Gasteiger partial charge >= 0.3 is 17.9 Å². The number of unbranched alkanes of at least 4 members (excludes halogenated alkanes) is 8. The van der Waals surface area contributed by atoms with Crippen molar-refractivity contribution < 1.29 is 45.5 Å². The maximum atomic E-state index is 11.1. The third kappa shape index (κ3) is 28.1. The normalized spacial score (nSPS) is 10.2.